The summed E-state index contributed by atoms with van der Waals surface area (Å²) in [7, 11) is 0. The van der Waals surface area contributed by atoms with Gasteiger partial charge >= 0.3 is 23.2 Å². The van der Waals surface area contributed by atoms with Crippen molar-refractivity contribution in [3.63, 3.8) is 0 Å². The summed E-state index contributed by atoms with van der Waals surface area (Å²) in [4.78, 5) is 0. The van der Waals surface area contributed by atoms with Gasteiger partial charge in [0, 0.05) is 16.5 Å². The van der Waals surface area contributed by atoms with E-state index in [1.165, 1.54) is 0 Å². The number of hydrogen-bond acceptors (Lipinski definition) is 1. The van der Waals surface area contributed by atoms with E-state index in [0.717, 1.165) is 0 Å². The van der Waals surface area contributed by atoms with Gasteiger partial charge in [-0.2, -0.15) is 9.90 Å². The van der Waals surface area contributed by atoms with Gasteiger partial charge in [0.2, 0.25) is 0 Å². The molecule has 0 spiro atoms. The Morgan fingerprint density at radius 3 is 1.25 bits per heavy atom. The molecule has 0 fully saturated rings. The third kappa shape index (κ3) is 9.96. The third-order valence-corrected chi connectivity index (χ3v) is 0. The van der Waals surface area contributed by atoms with E-state index in [2.05, 4.69) is 0 Å². The molecule has 1 atom stereocenters. The van der Waals surface area contributed by atoms with Gasteiger partial charge in [0.1, 0.15) is 0 Å². The molecular formula is H3NiOPW. The van der Waals surface area contributed by atoms with Crippen molar-refractivity contribution in [1.82, 2.24) is 0 Å². The van der Waals surface area contributed by atoms with Crippen molar-refractivity contribution in [2.24, 2.45) is 0 Å². The van der Waals surface area contributed by atoms with Crippen molar-refractivity contribution in [3.8, 4) is 0 Å². The minimum absolute atomic E-state index is 0. The van der Waals surface area contributed by atoms with Gasteiger partial charge in [0.15, 0.2) is 0 Å². The van der Waals surface area contributed by atoms with Crippen LogP contribution in [0.5, 0.6) is 0 Å². The predicted molar refractivity (Wildman–Crippen MR) is 11.8 cm³/mol. The van der Waals surface area contributed by atoms with Crippen LogP contribution in [0, 0.1) is 0 Å². The van der Waals surface area contributed by atoms with E-state index in [-0.39, 0.29) is 26.4 Å². The maximum atomic E-state index is 8.33. The van der Waals surface area contributed by atoms with Crippen LogP contribution < -0.4 is 0 Å². The standard InChI is InChI=1S/Ni.O.H3P.W/h;;1H3;. The van der Waals surface area contributed by atoms with Crippen LogP contribution in [-0.2, 0) is 39.7 Å². The third-order valence-electron chi connectivity index (χ3n) is 0. The molecule has 1 unspecified atom stereocenters. The van der Waals surface area contributed by atoms with Gasteiger partial charge in [-0.3, -0.25) is 0 Å². The molecule has 0 heterocycles. The van der Waals surface area contributed by atoms with E-state index in [4.69, 9.17) is 3.40 Å². The molecule has 1 nitrogen and oxygen atoms in total. The minimum atomic E-state index is 0. The predicted octanol–water partition coefficient (Wildman–Crippen LogP) is -0.0657. The molecule has 0 aliphatic rings. The molecule has 4 heavy (non-hydrogen) atoms. The van der Waals surface area contributed by atoms with Gasteiger partial charge in [-0.1, -0.05) is 0 Å². The molecule has 0 aliphatic carbocycles. The maximum absolute atomic E-state index is 8.33. The molecule has 4 heteroatoms. The van der Waals surface area contributed by atoms with Crippen LogP contribution in [0.1, 0.15) is 0 Å². The first-order valence-corrected chi connectivity index (χ1v) is 1.36. The Morgan fingerprint density at radius 1 is 1.25 bits per heavy atom. The van der Waals surface area contributed by atoms with Gasteiger partial charge in [-0.15, -0.1) is 0 Å². The number of rotatable bonds is 0. The van der Waals surface area contributed by atoms with Gasteiger partial charge in [0.25, 0.3) is 0 Å². The van der Waals surface area contributed by atoms with Crippen LogP contribution in [0.4, 0.5) is 0 Å². The average molecular weight is 293 g/mol. The fraction of sp³-hybridized carbons (Fsp3) is 0. The Morgan fingerprint density at radius 2 is 1.25 bits per heavy atom. The van der Waals surface area contributed by atoms with E-state index in [1.54, 1.807) is 0 Å². The van der Waals surface area contributed by atoms with Crippen LogP contribution in [0.2, 0.25) is 0 Å². The fourth-order valence-corrected chi connectivity index (χ4v) is 0. The summed E-state index contributed by atoms with van der Waals surface area (Å²) in [5.41, 5.74) is 0. The second-order valence-electron chi connectivity index (χ2n) is 0. The molecule has 0 aromatic rings. The van der Waals surface area contributed by atoms with Crippen molar-refractivity contribution in [2.45, 2.75) is 0 Å². The summed E-state index contributed by atoms with van der Waals surface area (Å²) < 4.78 is 8.33. The van der Waals surface area contributed by atoms with Crippen molar-refractivity contribution < 1.29 is 39.7 Å². The summed E-state index contributed by atoms with van der Waals surface area (Å²) in [6, 6.07) is 0. The zero-order valence-electron chi connectivity index (χ0n) is 1.84. The molecule has 30 valence electrons. The zero-order valence-corrected chi connectivity index (χ0v) is 7.18. The number of hydrogen-bond donors (Lipinski definition) is 0. The molecular weight excluding hydrogens is 290 g/mol. The molecule has 0 N–H and O–H groups in total. The summed E-state index contributed by atoms with van der Waals surface area (Å²) in [6.45, 7) is 0. The summed E-state index contributed by atoms with van der Waals surface area (Å²) in [6.07, 6.45) is 0. The molecule has 0 rings (SSSR count). The van der Waals surface area contributed by atoms with Gasteiger partial charge in [0.05, 0.1) is 0 Å². The Kier molecular flexibility index (Phi) is 117. The summed E-state index contributed by atoms with van der Waals surface area (Å²) >= 11 is 0.333. The summed E-state index contributed by atoms with van der Waals surface area (Å²) in [5, 5.41) is 0. The molecule has 0 amide bonds. The fourth-order valence-electron chi connectivity index (χ4n) is 0. The van der Waals surface area contributed by atoms with Gasteiger partial charge in [-0.05, 0) is 0 Å². The Bertz CT molecular complexity index is 8.00. The van der Waals surface area contributed by atoms with Gasteiger partial charge in [-0.25, -0.2) is 0 Å². The van der Waals surface area contributed by atoms with Crippen LogP contribution in [0.15, 0.2) is 0 Å². The van der Waals surface area contributed by atoms with E-state index < -0.39 is 0 Å². The molecule has 0 radical (unpaired) electrons. The van der Waals surface area contributed by atoms with E-state index in [1.807, 2.05) is 0 Å². The van der Waals surface area contributed by atoms with E-state index >= 15 is 0 Å². The van der Waals surface area contributed by atoms with Crippen LogP contribution >= 0.6 is 9.90 Å². The second kappa shape index (κ2) is 25.8. The average Bonchev–Trinajstić information content (AvgIpc) is 1.00. The molecule has 0 aliphatic heterocycles. The van der Waals surface area contributed by atoms with E-state index in [0.29, 0.717) is 19.8 Å². The topological polar surface area (TPSA) is 17.1 Å². The van der Waals surface area contributed by atoms with Crippen molar-refractivity contribution in [1.29, 1.82) is 0 Å². The van der Waals surface area contributed by atoms with Crippen LogP contribution in [-0.4, -0.2) is 0 Å². The first kappa shape index (κ1) is 18.1. The van der Waals surface area contributed by atoms with Crippen LogP contribution in [0.3, 0.4) is 0 Å². The Labute approximate surface area is 49.7 Å². The molecule has 0 bridgehead atoms. The van der Waals surface area contributed by atoms with Crippen LogP contribution in [0.25, 0.3) is 0 Å². The monoisotopic (exact) mass is 292 g/mol. The second-order valence-corrected chi connectivity index (χ2v) is 0. The molecule has 0 aromatic heterocycles. The SMILES string of the molecule is P.[Ni].[O]=[W]. The zero-order chi connectivity index (χ0) is 2.00. The first-order chi connectivity index (χ1) is 1.00. The molecule has 0 aromatic carbocycles. The molecule has 0 saturated carbocycles. The first-order valence-electron chi connectivity index (χ1n) is 0.167. The molecule has 0 saturated heterocycles. The van der Waals surface area contributed by atoms with Crippen molar-refractivity contribution in [2.75, 3.05) is 0 Å². The summed E-state index contributed by atoms with van der Waals surface area (Å²) in [5.74, 6) is 0. The Balaban J connectivity index is -0.00000000500. The quantitative estimate of drug-likeness (QED) is 0.451. The van der Waals surface area contributed by atoms with Crippen molar-refractivity contribution in [3.05, 3.63) is 0 Å². The Hall–Kier alpha value is 1.41. The van der Waals surface area contributed by atoms with E-state index in [9.17, 15) is 0 Å². The normalized spacial score (nSPS) is 1.00. The van der Waals surface area contributed by atoms with Crippen molar-refractivity contribution >= 4 is 9.90 Å². The van der Waals surface area contributed by atoms with Gasteiger partial charge < -0.3 is 0 Å².